The van der Waals surface area contributed by atoms with Crippen molar-refractivity contribution in [2.45, 2.75) is 87.0 Å². The molecule has 0 radical (unpaired) electrons. The van der Waals surface area contributed by atoms with Crippen molar-refractivity contribution in [3.8, 4) is 0 Å². The van der Waals surface area contributed by atoms with Gasteiger partial charge in [-0.05, 0) is 65.7 Å². The molecule has 0 aromatic heterocycles. The molecule has 1 aromatic carbocycles. The molecule has 31 heavy (non-hydrogen) atoms. The highest BCUT2D eigenvalue weighted by Gasteiger charge is 2.08. The molecule has 0 saturated carbocycles. The van der Waals surface area contributed by atoms with E-state index in [0.717, 1.165) is 32.1 Å². The molecule has 1 rings (SSSR count). The summed E-state index contributed by atoms with van der Waals surface area (Å²) in [5, 5.41) is 7.42. The SMILES string of the molecule is C.CC(=O)O.CCCOCc1ccc(F)cc1.CCOCC(C)(C)N.COC(C)(C)C. The van der Waals surface area contributed by atoms with Crippen LogP contribution >= 0.6 is 0 Å². The highest BCUT2D eigenvalue weighted by atomic mass is 19.1. The van der Waals surface area contributed by atoms with Gasteiger partial charge >= 0.3 is 0 Å². The Bertz CT molecular complexity index is 504. The van der Waals surface area contributed by atoms with E-state index in [1.54, 1.807) is 19.2 Å². The summed E-state index contributed by atoms with van der Waals surface area (Å²) < 4.78 is 27.7. The van der Waals surface area contributed by atoms with Gasteiger partial charge in [0.1, 0.15) is 5.82 Å². The molecule has 0 fully saturated rings. The zero-order valence-electron chi connectivity index (χ0n) is 20.4. The summed E-state index contributed by atoms with van der Waals surface area (Å²) in [5.41, 5.74) is 6.49. The Morgan fingerprint density at radius 3 is 1.74 bits per heavy atom. The van der Waals surface area contributed by atoms with Crippen molar-refractivity contribution in [2.24, 2.45) is 5.73 Å². The van der Waals surface area contributed by atoms with E-state index in [0.29, 0.717) is 13.2 Å². The van der Waals surface area contributed by atoms with Gasteiger partial charge in [0.15, 0.2) is 0 Å². The molecular weight excluding hydrogens is 401 g/mol. The second kappa shape index (κ2) is 21.7. The molecule has 0 spiro atoms. The molecule has 0 saturated heterocycles. The van der Waals surface area contributed by atoms with E-state index >= 15 is 0 Å². The van der Waals surface area contributed by atoms with Crippen molar-refractivity contribution in [2.75, 3.05) is 26.9 Å². The zero-order chi connectivity index (χ0) is 24.2. The number of rotatable bonds is 7. The molecule has 0 heterocycles. The quantitative estimate of drug-likeness (QED) is 0.521. The third-order valence-corrected chi connectivity index (χ3v) is 2.82. The van der Waals surface area contributed by atoms with Gasteiger partial charge in [0.2, 0.25) is 0 Å². The number of nitrogens with two attached hydrogens (primary N) is 1. The van der Waals surface area contributed by atoms with Crippen LogP contribution in [0.3, 0.4) is 0 Å². The van der Waals surface area contributed by atoms with Crippen LogP contribution in [0.4, 0.5) is 4.39 Å². The minimum Gasteiger partial charge on any atom is -0.481 e. The molecule has 0 unspecified atom stereocenters. The number of benzene rings is 1. The smallest absolute Gasteiger partial charge is 0.300 e. The van der Waals surface area contributed by atoms with Crippen molar-refractivity contribution in [3.63, 3.8) is 0 Å². The molecule has 6 nitrogen and oxygen atoms in total. The van der Waals surface area contributed by atoms with Crippen LogP contribution in [0, 0.1) is 5.82 Å². The first-order valence-electron chi connectivity index (χ1n) is 10.1. The van der Waals surface area contributed by atoms with E-state index in [1.807, 2.05) is 41.5 Å². The van der Waals surface area contributed by atoms with Gasteiger partial charge in [0.05, 0.1) is 18.8 Å². The van der Waals surface area contributed by atoms with Crippen LogP contribution in [0.5, 0.6) is 0 Å². The molecule has 0 amide bonds. The standard InChI is InChI=1S/C10H13FO.C6H15NO.C5H12O.C2H4O2.CH4/c1-2-7-12-8-9-3-5-10(11)6-4-9;1-4-8-5-6(2,3)7;1-5(2,3)6-4;1-2(3)4;/h3-6H,2,7-8H2,1H3;4-5,7H2,1-3H3;1-4H3;1H3,(H,3,4);1H4. The molecule has 0 aliphatic carbocycles. The Balaban J connectivity index is -0.000000168. The highest BCUT2D eigenvalue weighted by molar-refractivity contribution is 5.62. The summed E-state index contributed by atoms with van der Waals surface area (Å²) in [7, 11) is 1.71. The number of carboxylic acids is 1. The first kappa shape index (κ1) is 36.8. The van der Waals surface area contributed by atoms with Crippen LogP contribution in [0.15, 0.2) is 24.3 Å². The van der Waals surface area contributed by atoms with Gasteiger partial charge in [0, 0.05) is 32.8 Å². The maximum atomic E-state index is 12.4. The van der Waals surface area contributed by atoms with Gasteiger partial charge in [-0.25, -0.2) is 4.39 Å². The number of carboxylic acid groups (broad SMARTS) is 1. The Morgan fingerprint density at radius 1 is 1.06 bits per heavy atom. The number of hydrogen-bond acceptors (Lipinski definition) is 5. The predicted molar refractivity (Wildman–Crippen MR) is 128 cm³/mol. The lowest BCUT2D eigenvalue weighted by atomic mass is 10.1. The first-order chi connectivity index (χ1) is 13.7. The van der Waals surface area contributed by atoms with E-state index in [4.69, 9.17) is 29.8 Å². The average molecular weight is 450 g/mol. The fourth-order valence-corrected chi connectivity index (χ4v) is 1.28. The molecule has 186 valence electrons. The van der Waals surface area contributed by atoms with Gasteiger partial charge in [0.25, 0.3) is 5.97 Å². The minimum atomic E-state index is -0.833. The van der Waals surface area contributed by atoms with Gasteiger partial charge in [-0.3, -0.25) is 4.79 Å². The van der Waals surface area contributed by atoms with E-state index in [2.05, 4.69) is 6.92 Å². The largest absolute Gasteiger partial charge is 0.481 e. The average Bonchev–Trinajstić information content (AvgIpc) is 2.61. The van der Waals surface area contributed by atoms with Gasteiger partial charge in [-0.1, -0.05) is 26.5 Å². The lowest BCUT2D eigenvalue weighted by Gasteiger charge is -2.16. The number of ether oxygens (including phenoxy) is 3. The number of methoxy groups -OCH3 is 1. The summed E-state index contributed by atoms with van der Waals surface area (Å²) in [5.74, 6) is -1.03. The van der Waals surface area contributed by atoms with E-state index in [1.165, 1.54) is 12.1 Å². The van der Waals surface area contributed by atoms with Crippen LogP contribution in [-0.2, 0) is 25.6 Å². The van der Waals surface area contributed by atoms with Crippen molar-refractivity contribution in [1.82, 2.24) is 0 Å². The minimum absolute atomic E-state index is 0. The van der Waals surface area contributed by atoms with Crippen LogP contribution in [0.25, 0.3) is 0 Å². The maximum Gasteiger partial charge on any atom is 0.300 e. The molecule has 0 aliphatic heterocycles. The highest BCUT2D eigenvalue weighted by Crippen LogP contribution is 2.04. The molecule has 0 aliphatic rings. The second-order valence-electron chi connectivity index (χ2n) is 8.14. The van der Waals surface area contributed by atoms with E-state index in [9.17, 15) is 4.39 Å². The van der Waals surface area contributed by atoms with Crippen LogP contribution in [0.2, 0.25) is 0 Å². The molecule has 7 heteroatoms. The fraction of sp³-hybridized carbons (Fsp3) is 0.708. The molecule has 0 atom stereocenters. The maximum absolute atomic E-state index is 12.4. The van der Waals surface area contributed by atoms with E-state index in [-0.39, 0.29) is 24.4 Å². The van der Waals surface area contributed by atoms with Crippen LogP contribution < -0.4 is 5.73 Å². The Kier molecular flexibility index (Phi) is 25.7. The molecule has 0 bridgehead atoms. The predicted octanol–water partition coefficient (Wildman–Crippen LogP) is 5.67. The normalized spacial score (nSPS) is 10.2. The number of halogens is 1. The Labute approximate surface area is 190 Å². The van der Waals surface area contributed by atoms with Gasteiger partial charge < -0.3 is 25.1 Å². The zero-order valence-corrected chi connectivity index (χ0v) is 20.4. The first-order valence-corrected chi connectivity index (χ1v) is 10.1. The molecule has 1 aromatic rings. The molecular formula is C24H48FNO5. The number of carbonyl (C=O) groups is 1. The fourth-order valence-electron chi connectivity index (χ4n) is 1.28. The lowest BCUT2D eigenvalue weighted by Crippen LogP contribution is -2.37. The third kappa shape index (κ3) is 43.3. The van der Waals surface area contributed by atoms with Crippen LogP contribution in [-0.4, -0.2) is 49.1 Å². The monoisotopic (exact) mass is 449 g/mol. The summed E-state index contributed by atoms with van der Waals surface area (Å²) in [6, 6.07) is 6.38. The van der Waals surface area contributed by atoms with Crippen molar-refractivity contribution in [3.05, 3.63) is 35.6 Å². The summed E-state index contributed by atoms with van der Waals surface area (Å²) >= 11 is 0. The summed E-state index contributed by atoms with van der Waals surface area (Å²) in [6.45, 7) is 17.8. The van der Waals surface area contributed by atoms with Crippen molar-refractivity contribution in [1.29, 1.82) is 0 Å². The van der Waals surface area contributed by atoms with Crippen molar-refractivity contribution < 1.29 is 28.5 Å². The Morgan fingerprint density at radius 2 is 1.48 bits per heavy atom. The third-order valence-electron chi connectivity index (χ3n) is 2.82. The second-order valence-corrected chi connectivity index (χ2v) is 8.14. The van der Waals surface area contributed by atoms with Gasteiger partial charge in [-0.15, -0.1) is 0 Å². The molecule has 3 N–H and O–H groups in total. The number of hydrogen-bond donors (Lipinski definition) is 2. The van der Waals surface area contributed by atoms with Crippen molar-refractivity contribution >= 4 is 5.97 Å². The summed E-state index contributed by atoms with van der Waals surface area (Å²) in [4.78, 5) is 9.00. The topological polar surface area (TPSA) is 91.0 Å². The lowest BCUT2D eigenvalue weighted by molar-refractivity contribution is -0.134. The van der Waals surface area contributed by atoms with Gasteiger partial charge in [-0.2, -0.15) is 0 Å². The summed E-state index contributed by atoms with van der Waals surface area (Å²) in [6.07, 6.45) is 1.02. The van der Waals surface area contributed by atoms with E-state index < -0.39 is 5.97 Å². The van der Waals surface area contributed by atoms with Crippen LogP contribution in [0.1, 0.15) is 74.8 Å². The number of aliphatic carboxylic acids is 1. The Hall–Kier alpha value is -1.54.